The van der Waals surface area contributed by atoms with E-state index < -0.39 is 5.82 Å². The minimum absolute atomic E-state index is 0.0612. The van der Waals surface area contributed by atoms with Crippen molar-refractivity contribution in [2.24, 2.45) is 0 Å². The number of halogens is 1. The lowest BCUT2D eigenvalue weighted by molar-refractivity contribution is -0.120. The van der Waals surface area contributed by atoms with E-state index in [0.29, 0.717) is 30.5 Å². The summed E-state index contributed by atoms with van der Waals surface area (Å²) in [5.41, 5.74) is 0.787. The normalized spacial score (nSPS) is 10.8. The van der Waals surface area contributed by atoms with Gasteiger partial charge in [-0.1, -0.05) is 6.92 Å². The summed E-state index contributed by atoms with van der Waals surface area (Å²) in [6.07, 6.45) is 0.411. The first-order chi connectivity index (χ1) is 8.61. The zero-order valence-corrected chi connectivity index (χ0v) is 10.00. The molecular weight excluding hydrogens is 237 g/mol. The molecule has 0 fully saturated rings. The van der Waals surface area contributed by atoms with Gasteiger partial charge in [0.1, 0.15) is 5.82 Å². The molecule has 0 aliphatic rings. The van der Waals surface area contributed by atoms with Crippen molar-refractivity contribution in [1.29, 1.82) is 0 Å². The maximum Gasteiger partial charge on any atom is 0.326 e. The van der Waals surface area contributed by atoms with E-state index in [0.717, 1.165) is 0 Å². The Morgan fingerprint density at radius 1 is 1.50 bits per heavy atom. The number of nitrogens with one attached hydrogen (secondary N) is 2. The lowest BCUT2D eigenvalue weighted by Crippen LogP contribution is -2.29. The van der Waals surface area contributed by atoms with Crippen LogP contribution in [0.1, 0.15) is 13.3 Å². The largest absolute Gasteiger partial charge is 0.354 e. The number of benzene rings is 1. The molecule has 2 aromatic rings. The summed E-state index contributed by atoms with van der Waals surface area (Å²) in [6.45, 7) is 2.49. The number of carbonyl (C=O) groups excluding carboxylic acids is 1. The van der Waals surface area contributed by atoms with Crippen LogP contribution in [0.15, 0.2) is 23.0 Å². The van der Waals surface area contributed by atoms with Crippen molar-refractivity contribution >= 4 is 16.9 Å². The van der Waals surface area contributed by atoms with Gasteiger partial charge >= 0.3 is 5.69 Å². The zero-order chi connectivity index (χ0) is 13.1. The summed E-state index contributed by atoms with van der Waals surface area (Å²) in [5.74, 6) is -0.455. The van der Waals surface area contributed by atoms with Crippen molar-refractivity contribution in [2.45, 2.75) is 19.9 Å². The quantitative estimate of drug-likeness (QED) is 0.851. The average molecular weight is 251 g/mol. The van der Waals surface area contributed by atoms with Crippen LogP contribution in [0, 0.1) is 5.82 Å². The molecule has 0 radical (unpaired) electrons. The van der Waals surface area contributed by atoms with Crippen molar-refractivity contribution in [1.82, 2.24) is 14.9 Å². The van der Waals surface area contributed by atoms with Crippen LogP contribution in [-0.4, -0.2) is 22.0 Å². The molecule has 96 valence electrons. The lowest BCUT2D eigenvalue weighted by atomic mass is 10.3. The monoisotopic (exact) mass is 251 g/mol. The molecule has 2 N–H and O–H groups in total. The topological polar surface area (TPSA) is 66.9 Å². The molecule has 0 bridgehead atoms. The summed E-state index contributed by atoms with van der Waals surface area (Å²) in [6, 6.07) is 4.12. The van der Waals surface area contributed by atoms with Crippen LogP contribution < -0.4 is 11.0 Å². The lowest BCUT2D eigenvalue weighted by Gasteiger charge is -2.04. The second-order valence-electron chi connectivity index (χ2n) is 3.95. The van der Waals surface area contributed by atoms with Gasteiger partial charge in [-0.3, -0.25) is 9.36 Å². The van der Waals surface area contributed by atoms with Gasteiger partial charge in [-0.15, -0.1) is 0 Å². The molecule has 1 aromatic heterocycles. The second kappa shape index (κ2) is 5.03. The van der Waals surface area contributed by atoms with Gasteiger partial charge in [-0.25, -0.2) is 9.18 Å². The molecule has 2 rings (SSSR count). The van der Waals surface area contributed by atoms with Gasteiger partial charge in [0, 0.05) is 19.5 Å². The van der Waals surface area contributed by atoms with E-state index in [9.17, 15) is 14.0 Å². The maximum absolute atomic E-state index is 13.0. The van der Waals surface area contributed by atoms with E-state index >= 15 is 0 Å². The third kappa shape index (κ3) is 2.42. The van der Waals surface area contributed by atoms with E-state index in [2.05, 4.69) is 10.3 Å². The number of amides is 1. The third-order valence-corrected chi connectivity index (χ3v) is 2.71. The van der Waals surface area contributed by atoms with Crippen molar-refractivity contribution in [3.05, 3.63) is 34.5 Å². The predicted molar refractivity (Wildman–Crippen MR) is 65.8 cm³/mol. The standard InChI is InChI=1S/C12H14FN3O2/c1-2-11(17)14-5-6-16-10-4-3-8(13)7-9(10)15-12(16)18/h3-4,7H,2,5-6H2,1H3,(H,14,17)(H,15,18). The average Bonchev–Trinajstić information content (AvgIpc) is 2.64. The van der Waals surface area contributed by atoms with Crippen LogP contribution in [0.4, 0.5) is 4.39 Å². The molecule has 1 heterocycles. The van der Waals surface area contributed by atoms with Crippen molar-refractivity contribution in [2.75, 3.05) is 6.54 Å². The molecule has 18 heavy (non-hydrogen) atoms. The first-order valence-corrected chi connectivity index (χ1v) is 5.76. The predicted octanol–water partition coefficient (Wildman–Crippen LogP) is 0.995. The molecule has 0 aliphatic heterocycles. The Bertz CT molecular complexity index is 630. The van der Waals surface area contributed by atoms with Gasteiger partial charge in [-0.05, 0) is 18.2 Å². The molecule has 0 aliphatic carbocycles. The number of rotatable bonds is 4. The van der Waals surface area contributed by atoms with Crippen LogP contribution in [0.2, 0.25) is 0 Å². The summed E-state index contributed by atoms with van der Waals surface area (Å²) >= 11 is 0. The van der Waals surface area contributed by atoms with Crippen molar-refractivity contribution in [3.8, 4) is 0 Å². The fourth-order valence-electron chi connectivity index (χ4n) is 1.79. The molecule has 5 nitrogen and oxygen atoms in total. The van der Waals surface area contributed by atoms with Gasteiger partial charge < -0.3 is 10.3 Å². The van der Waals surface area contributed by atoms with Crippen molar-refractivity contribution < 1.29 is 9.18 Å². The fraction of sp³-hybridized carbons (Fsp3) is 0.333. The molecule has 1 amide bonds. The highest BCUT2D eigenvalue weighted by Crippen LogP contribution is 2.11. The van der Waals surface area contributed by atoms with Crippen LogP contribution in [0.3, 0.4) is 0 Å². The number of hydrogen-bond acceptors (Lipinski definition) is 2. The van der Waals surface area contributed by atoms with E-state index in [1.807, 2.05) is 0 Å². The number of fused-ring (bicyclic) bond motifs is 1. The number of carbonyl (C=O) groups is 1. The molecular formula is C12H14FN3O2. The summed E-state index contributed by atoms with van der Waals surface area (Å²) < 4.78 is 14.5. The number of nitrogens with zero attached hydrogens (tertiary/aromatic N) is 1. The smallest absolute Gasteiger partial charge is 0.326 e. The Hall–Kier alpha value is -2.11. The fourth-order valence-corrected chi connectivity index (χ4v) is 1.79. The number of hydrogen-bond donors (Lipinski definition) is 2. The van der Waals surface area contributed by atoms with Crippen LogP contribution >= 0.6 is 0 Å². The zero-order valence-electron chi connectivity index (χ0n) is 10.00. The van der Waals surface area contributed by atoms with Gasteiger partial charge in [0.15, 0.2) is 0 Å². The van der Waals surface area contributed by atoms with Gasteiger partial charge in [-0.2, -0.15) is 0 Å². The summed E-state index contributed by atoms with van der Waals surface area (Å²) in [7, 11) is 0. The highest BCUT2D eigenvalue weighted by atomic mass is 19.1. The molecule has 0 saturated heterocycles. The molecule has 6 heteroatoms. The Morgan fingerprint density at radius 3 is 3.00 bits per heavy atom. The Balaban J connectivity index is 2.20. The van der Waals surface area contributed by atoms with E-state index in [1.54, 1.807) is 13.0 Å². The molecule has 1 aromatic carbocycles. The van der Waals surface area contributed by atoms with Gasteiger partial charge in [0.05, 0.1) is 11.0 Å². The molecule has 0 unspecified atom stereocenters. The summed E-state index contributed by atoms with van der Waals surface area (Å²) in [5, 5.41) is 2.69. The Kier molecular flexibility index (Phi) is 3.45. The van der Waals surface area contributed by atoms with E-state index in [4.69, 9.17) is 0 Å². The van der Waals surface area contributed by atoms with Crippen LogP contribution in [0.25, 0.3) is 11.0 Å². The van der Waals surface area contributed by atoms with Gasteiger partial charge in [0.25, 0.3) is 0 Å². The molecule has 0 spiro atoms. The van der Waals surface area contributed by atoms with Crippen LogP contribution in [-0.2, 0) is 11.3 Å². The highest BCUT2D eigenvalue weighted by Gasteiger charge is 2.07. The molecule has 0 saturated carbocycles. The summed E-state index contributed by atoms with van der Waals surface area (Å²) in [4.78, 5) is 25.3. The van der Waals surface area contributed by atoms with Crippen molar-refractivity contribution in [3.63, 3.8) is 0 Å². The first kappa shape index (κ1) is 12.3. The van der Waals surface area contributed by atoms with Crippen LogP contribution in [0.5, 0.6) is 0 Å². The highest BCUT2D eigenvalue weighted by molar-refractivity contribution is 5.76. The number of aromatic nitrogens is 2. The Labute approximate surface area is 103 Å². The maximum atomic E-state index is 13.0. The van der Waals surface area contributed by atoms with Gasteiger partial charge in [0.2, 0.25) is 5.91 Å². The minimum Gasteiger partial charge on any atom is -0.354 e. The number of imidazole rings is 1. The number of aromatic amines is 1. The third-order valence-electron chi connectivity index (χ3n) is 2.71. The first-order valence-electron chi connectivity index (χ1n) is 5.76. The second-order valence-corrected chi connectivity index (χ2v) is 3.95. The molecule has 0 atom stereocenters. The number of H-pyrrole nitrogens is 1. The Morgan fingerprint density at radius 2 is 2.28 bits per heavy atom. The van der Waals surface area contributed by atoms with E-state index in [-0.39, 0.29) is 11.6 Å². The SMILES string of the molecule is CCC(=O)NCCn1c(=O)[nH]c2cc(F)ccc21. The van der Waals surface area contributed by atoms with E-state index in [1.165, 1.54) is 16.7 Å². The minimum atomic E-state index is -0.393.